The lowest BCUT2D eigenvalue weighted by molar-refractivity contribution is -0.143. The van der Waals surface area contributed by atoms with E-state index in [1.54, 1.807) is 32.0 Å². The number of nitrogens with one attached hydrogen (secondary N) is 2. The summed E-state index contributed by atoms with van der Waals surface area (Å²) in [5.41, 5.74) is -0.456. The number of ether oxygens (including phenoxy) is 1. The minimum Gasteiger partial charge on any atom is -0.495 e. The van der Waals surface area contributed by atoms with Gasteiger partial charge >= 0.3 is 5.97 Å². The van der Waals surface area contributed by atoms with E-state index in [1.807, 2.05) is 6.07 Å². The first-order valence-corrected chi connectivity index (χ1v) is 6.28. The SMILES string of the molecule is COc1ccccc1NC(=O)CCNC(C)(C)C(=O)O. The summed E-state index contributed by atoms with van der Waals surface area (Å²) in [6, 6.07) is 7.10. The number of anilines is 1. The van der Waals surface area contributed by atoms with Crippen LogP contribution in [0.5, 0.6) is 5.75 Å². The third-order valence-corrected chi connectivity index (χ3v) is 2.83. The van der Waals surface area contributed by atoms with Gasteiger partial charge in [0.2, 0.25) is 5.91 Å². The molecular weight excluding hydrogens is 260 g/mol. The summed E-state index contributed by atoms with van der Waals surface area (Å²) in [5.74, 6) is -0.578. The largest absolute Gasteiger partial charge is 0.495 e. The maximum atomic E-state index is 11.8. The van der Waals surface area contributed by atoms with Gasteiger partial charge in [-0.3, -0.25) is 9.59 Å². The zero-order chi connectivity index (χ0) is 15.2. The number of hydrogen-bond donors (Lipinski definition) is 3. The van der Waals surface area contributed by atoms with Crippen molar-refractivity contribution in [3.63, 3.8) is 0 Å². The predicted molar refractivity (Wildman–Crippen MR) is 76.0 cm³/mol. The van der Waals surface area contributed by atoms with Gasteiger partial charge in [-0.25, -0.2) is 0 Å². The summed E-state index contributed by atoms with van der Waals surface area (Å²) in [6.45, 7) is 3.38. The van der Waals surface area contributed by atoms with Gasteiger partial charge in [0.05, 0.1) is 12.8 Å². The topological polar surface area (TPSA) is 87.7 Å². The van der Waals surface area contributed by atoms with Crippen LogP contribution in [0.15, 0.2) is 24.3 Å². The van der Waals surface area contributed by atoms with Crippen LogP contribution in [-0.4, -0.2) is 36.2 Å². The molecule has 0 unspecified atom stereocenters. The van der Waals surface area contributed by atoms with E-state index in [2.05, 4.69) is 10.6 Å². The van der Waals surface area contributed by atoms with Gasteiger partial charge < -0.3 is 20.5 Å². The third kappa shape index (κ3) is 4.55. The minimum absolute atomic E-state index is 0.175. The lowest BCUT2D eigenvalue weighted by Gasteiger charge is -2.20. The Morgan fingerprint density at radius 3 is 2.55 bits per heavy atom. The monoisotopic (exact) mass is 280 g/mol. The Kier molecular flexibility index (Phi) is 5.52. The molecular formula is C14H20N2O4. The molecule has 0 atom stereocenters. The number of para-hydroxylation sites is 2. The molecule has 0 spiro atoms. The van der Waals surface area contributed by atoms with Gasteiger partial charge in [-0.05, 0) is 26.0 Å². The zero-order valence-electron chi connectivity index (χ0n) is 11.9. The molecule has 6 nitrogen and oxygen atoms in total. The molecule has 1 amide bonds. The number of carboxylic acid groups (broad SMARTS) is 1. The van der Waals surface area contributed by atoms with Crippen LogP contribution in [0.3, 0.4) is 0 Å². The van der Waals surface area contributed by atoms with Gasteiger partial charge in [-0.15, -0.1) is 0 Å². The van der Waals surface area contributed by atoms with Crippen molar-refractivity contribution in [1.82, 2.24) is 5.32 Å². The van der Waals surface area contributed by atoms with E-state index < -0.39 is 11.5 Å². The molecule has 0 radical (unpaired) electrons. The van der Waals surface area contributed by atoms with Crippen molar-refractivity contribution in [2.24, 2.45) is 0 Å². The van der Waals surface area contributed by atoms with Crippen LogP contribution in [-0.2, 0) is 9.59 Å². The van der Waals surface area contributed by atoms with Crippen LogP contribution in [0.2, 0.25) is 0 Å². The first-order valence-electron chi connectivity index (χ1n) is 6.28. The minimum atomic E-state index is -1.05. The van der Waals surface area contributed by atoms with Crippen molar-refractivity contribution in [3.8, 4) is 5.75 Å². The quantitative estimate of drug-likeness (QED) is 0.704. The molecule has 0 bridgehead atoms. The first kappa shape index (κ1) is 16.0. The predicted octanol–water partition coefficient (Wildman–Crippen LogP) is 1.48. The van der Waals surface area contributed by atoms with Gasteiger partial charge in [0.15, 0.2) is 0 Å². The fraction of sp³-hybridized carbons (Fsp3) is 0.429. The number of benzene rings is 1. The average molecular weight is 280 g/mol. The number of hydrogen-bond acceptors (Lipinski definition) is 4. The highest BCUT2D eigenvalue weighted by Crippen LogP contribution is 2.22. The molecule has 0 heterocycles. The molecule has 0 aliphatic rings. The average Bonchev–Trinajstić information content (AvgIpc) is 2.39. The summed E-state index contributed by atoms with van der Waals surface area (Å²) < 4.78 is 5.13. The van der Waals surface area contributed by atoms with Crippen LogP contribution < -0.4 is 15.4 Å². The molecule has 0 fully saturated rings. The highest BCUT2D eigenvalue weighted by molar-refractivity contribution is 5.92. The van der Waals surface area contributed by atoms with Gasteiger partial charge in [-0.2, -0.15) is 0 Å². The molecule has 0 aromatic heterocycles. The lowest BCUT2D eigenvalue weighted by atomic mass is 10.1. The van der Waals surface area contributed by atoms with Crippen molar-refractivity contribution < 1.29 is 19.4 Å². The van der Waals surface area contributed by atoms with Crippen molar-refractivity contribution in [2.45, 2.75) is 25.8 Å². The van der Waals surface area contributed by atoms with Crippen molar-refractivity contribution in [3.05, 3.63) is 24.3 Å². The number of rotatable bonds is 7. The molecule has 1 aromatic carbocycles. The molecule has 20 heavy (non-hydrogen) atoms. The van der Waals surface area contributed by atoms with E-state index >= 15 is 0 Å². The number of methoxy groups -OCH3 is 1. The Hall–Kier alpha value is -2.08. The molecule has 3 N–H and O–H groups in total. The molecule has 0 saturated carbocycles. The summed E-state index contributed by atoms with van der Waals surface area (Å²) in [4.78, 5) is 22.7. The maximum absolute atomic E-state index is 11.8. The van der Waals surface area contributed by atoms with Crippen molar-refractivity contribution >= 4 is 17.6 Å². The third-order valence-electron chi connectivity index (χ3n) is 2.83. The van der Waals surface area contributed by atoms with E-state index in [-0.39, 0.29) is 18.9 Å². The summed E-state index contributed by atoms with van der Waals surface area (Å²) in [6.07, 6.45) is 0.175. The Bertz CT molecular complexity index is 486. The van der Waals surface area contributed by atoms with E-state index in [0.29, 0.717) is 11.4 Å². The van der Waals surface area contributed by atoms with E-state index in [0.717, 1.165) is 0 Å². The summed E-state index contributed by atoms with van der Waals surface area (Å²) in [5, 5.41) is 14.5. The van der Waals surface area contributed by atoms with Gasteiger partial charge in [0.1, 0.15) is 11.3 Å². The second-order valence-corrected chi connectivity index (χ2v) is 4.86. The standard InChI is InChI=1S/C14H20N2O4/c1-14(2,13(18)19)15-9-8-12(17)16-10-6-4-5-7-11(10)20-3/h4-7,15H,8-9H2,1-3H3,(H,16,17)(H,18,19). The molecule has 0 aliphatic heterocycles. The summed E-state index contributed by atoms with van der Waals surface area (Å²) in [7, 11) is 1.53. The number of aliphatic carboxylic acids is 1. The van der Waals surface area contributed by atoms with Crippen molar-refractivity contribution in [1.29, 1.82) is 0 Å². The number of carboxylic acids is 1. The maximum Gasteiger partial charge on any atom is 0.323 e. The lowest BCUT2D eigenvalue weighted by Crippen LogP contribution is -2.47. The number of carbonyl (C=O) groups is 2. The van der Waals surface area contributed by atoms with Gasteiger partial charge in [0.25, 0.3) is 0 Å². The Balaban J connectivity index is 2.47. The van der Waals surface area contributed by atoms with Gasteiger partial charge in [-0.1, -0.05) is 12.1 Å². The second-order valence-electron chi connectivity index (χ2n) is 4.86. The fourth-order valence-electron chi connectivity index (χ4n) is 1.52. The van der Waals surface area contributed by atoms with Crippen LogP contribution in [0.1, 0.15) is 20.3 Å². The van der Waals surface area contributed by atoms with E-state index in [1.165, 1.54) is 7.11 Å². The molecule has 0 saturated heterocycles. The van der Waals surface area contributed by atoms with Crippen LogP contribution >= 0.6 is 0 Å². The summed E-state index contributed by atoms with van der Waals surface area (Å²) >= 11 is 0. The number of amides is 1. The first-order chi connectivity index (χ1) is 9.36. The molecule has 1 aromatic rings. The van der Waals surface area contributed by atoms with E-state index in [4.69, 9.17) is 9.84 Å². The Labute approximate surface area is 118 Å². The highest BCUT2D eigenvalue weighted by atomic mass is 16.5. The van der Waals surface area contributed by atoms with Crippen LogP contribution in [0, 0.1) is 0 Å². The normalized spacial score (nSPS) is 10.9. The Morgan fingerprint density at radius 2 is 1.95 bits per heavy atom. The smallest absolute Gasteiger partial charge is 0.323 e. The zero-order valence-corrected chi connectivity index (χ0v) is 11.9. The van der Waals surface area contributed by atoms with Crippen LogP contribution in [0.4, 0.5) is 5.69 Å². The molecule has 110 valence electrons. The highest BCUT2D eigenvalue weighted by Gasteiger charge is 2.25. The second kappa shape index (κ2) is 6.91. The van der Waals surface area contributed by atoms with E-state index in [9.17, 15) is 9.59 Å². The fourth-order valence-corrected chi connectivity index (χ4v) is 1.52. The number of carbonyl (C=O) groups excluding carboxylic acids is 1. The van der Waals surface area contributed by atoms with Crippen molar-refractivity contribution in [2.75, 3.05) is 19.0 Å². The van der Waals surface area contributed by atoms with Gasteiger partial charge in [0, 0.05) is 13.0 Å². The Morgan fingerprint density at radius 1 is 1.30 bits per heavy atom. The molecule has 1 rings (SSSR count). The molecule has 6 heteroatoms. The van der Waals surface area contributed by atoms with Crippen LogP contribution in [0.25, 0.3) is 0 Å². The molecule has 0 aliphatic carbocycles.